The SMILES string of the molecule is Cc1oc(-c2cccc(F)c2)nc1CC(=O)Nc1ccc2c(c1)oc(=O)n2C. The third-order valence-corrected chi connectivity index (χ3v) is 4.37. The smallest absolute Gasteiger partial charge is 0.419 e. The minimum absolute atomic E-state index is 0.0125. The van der Waals surface area contributed by atoms with Crippen LogP contribution in [0.5, 0.6) is 0 Å². The summed E-state index contributed by atoms with van der Waals surface area (Å²) in [7, 11) is 1.61. The molecule has 0 unspecified atom stereocenters. The number of nitrogens with zero attached hydrogens (tertiary/aromatic N) is 2. The van der Waals surface area contributed by atoms with Crippen molar-refractivity contribution in [2.45, 2.75) is 13.3 Å². The third-order valence-electron chi connectivity index (χ3n) is 4.37. The average Bonchev–Trinajstić information content (AvgIpc) is 3.15. The second kappa shape index (κ2) is 6.80. The minimum Gasteiger partial charge on any atom is -0.441 e. The van der Waals surface area contributed by atoms with Crippen LogP contribution in [0, 0.1) is 12.7 Å². The molecule has 0 saturated carbocycles. The van der Waals surface area contributed by atoms with Crippen LogP contribution in [-0.4, -0.2) is 15.5 Å². The van der Waals surface area contributed by atoms with Crippen LogP contribution in [0.1, 0.15) is 11.5 Å². The Kier molecular flexibility index (Phi) is 4.31. The van der Waals surface area contributed by atoms with Gasteiger partial charge in [0, 0.05) is 24.4 Å². The zero-order valence-corrected chi connectivity index (χ0v) is 15.2. The van der Waals surface area contributed by atoms with E-state index in [0.717, 1.165) is 0 Å². The van der Waals surface area contributed by atoms with Crippen molar-refractivity contribution >= 4 is 22.7 Å². The summed E-state index contributed by atoms with van der Waals surface area (Å²) >= 11 is 0. The highest BCUT2D eigenvalue weighted by Crippen LogP contribution is 2.23. The number of carbonyl (C=O) groups excluding carboxylic acids is 1. The van der Waals surface area contributed by atoms with Crippen LogP contribution < -0.4 is 11.1 Å². The van der Waals surface area contributed by atoms with Gasteiger partial charge in [-0.2, -0.15) is 0 Å². The Morgan fingerprint density at radius 3 is 2.82 bits per heavy atom. The summed E-state index contributed by atoms with van der Waals surface area (Å²) in [5.41, 5.74) is 2.48. The summed E-state index contributed by atoms with van der Waals surface area (Å²) in [6.45, 7) is 1.70. The highest BCUT2D eigenvalue weighted by molar-refractivity contribution is 5.94. The van der Waals surface area contributed by atoms with Gasteiger partial charge in [0.05, 0.1) is 17.6 Å². The van der Waals surface area contributed by atoms with E-state index in [0.29, 0.717) is 33.8 Å². The van der Waals surface area contributed by atoms with Crippen LogP contribution >= 0.6 is 0 Å². The molecule has 0 spiro atoms. The summed E-state index contributed by atoms with van der Waals surface area (Å²) in [5, 5.41) is 2.74. The largest absolute Gasteiger partial charge is 0.441 e. The average molecular weight is 381 g/mol. The number of aryl methyl sites for hydroxylation is 2. The summed E-state index contributed by atoms with van der Waals surface area (Å²) in [5.74, 6) is -0.428. The first kappa shape index (κ1) is 17.7. The number of hydrogen-bond acceptors (Lipinski definition) is 5. The molecule has 0 saturated heterocycles. The Bertz CT molecular complexity index is 1250. The zero-order chi connectivity index (χ0) is 19.8. The maximum absolute atomic E-state index is 13.4. The van der Waals surface area contributed by atoms with E-state index in [4.69, 9.17) is 8.83 Å². The Labute approximate surface area is 158 Å². The van der Waals surface area contributed by atoms with E-state index in [1.807, 2.05) is 0 Å². The number of amides is 1. The highest BCUT2D eigenvalue weighted by Gasteiger charge is 2.16. The van der Waals surface area contributed by atoms with E-state index in [2.05, 4.69) is 10.3 Å². The lowest BCUT2D eigenvalue weighted by Gasteiger charge is -2.04. The molecule has 0 aliphatic rings. The van der Waals surface area contributed by atoms with Gasteiger partial charge in [-0.3, -0.25) is 9.36 Å². The lowest BCUT2D eigenvalue weighted by atomic mass is 10.2. The van der Waals surface area contributed by atoms with E-state index in [9.17, 15) is 14.0 Å². The number of aromatic nitrogens is 2. The summed E-state index contributed by atoms with van der Waals surface area (Å²) in [6, 6.07) is 10.9. The van der Waals surface area contributed by atoms with Crippen molar-refractivity contribution in [3.05, 3.63) is 70.3 Å². The van der Waals surface area contributed by atoms with Crippen LogP contribution in [0.25, 0.3) is 22.6 Å². The number of nitrogens with one attached hydrogen (secondary N) is 1. The Morgan fingerprint density at radius 1 is 1.21 bits per heavy atom. The molecule has 0 fully saturated rings. The zero-order valence-electron chi connectivity index (χ0n) is 15.2. The molecule has 0 bridgehead atoms. The normalized spacial score (nSPS) is 11.1. The molecule has 0 aliphatic heterocycles. The lowest BCUT2D eigenvalue weighted by Crippen LogP contribution is -2.15. The number of anilines is 1. The van der Waals surface area contributed by atoms with Crippen LogP contribution in [-0.2, 0) is 18.3 Å². The summed E-state index contributed by atoms with van der Waals surface area (Å²) < 4.78 is 25.5. The van der Waals surface area contributed by atoms with Crippen molar-refractivity contribution in [1.29, 1.82) is 0 Å². The molecule has 28 heavy (non-hydrogen) atoms. The number of oxazole rings is 2. The molecular formula is C20H16FN3O4. The molecule has 4 aromatic rings. The van der Waals surface area contributed by atoms with Gasteiger partial charge in [-0.15, -0.1) is 0 Å². The van der Waals surface area contributed by atoms with Crippen molar-refractivity contribution in [3.8, 4) is 11.5 Å². The van der Waals surface area contributed by atoms with Crippen LogP contribution in [0.3, 0.4) is 0 Å². The molecule has 2 heterocycles. The molecule has 1 amide bonds. The first-order chi connectivity index (χ1) is 13.4. The number of halogens is 1. The van der Waals surface area contributed by atoms with Gasteiger partial charge in [0.25, 0.3) is 0 Å². The number of hydrogen-bond donors (Lipinski definition) is 1. The molecule has 0 aliphatic carbocycles. The van der Waals surface area contributed by atoms with E-state index in [-0.39, 0.29) is 18.2 Å². The lowest BCUT2D eigenvalue weighted by molar-refractivity contribution is -0.115. The van der Waals surface area contributed by atoms with Gasteiger partial charge in [0.15, 0.2) is 5.58 Å². The van der Waals surface area contributed by atoms with Gasteiger partial charge in [-0.05, 0) is 37.3 Å². The van der Waals surface area contributed by atoms with Gasteiger partial charge in [-0.1, -0.05) is 6.07 Å². The maximum Gasteiger partial charge on any atom is 0.419 e. The standard InChI is InChI=1S/C20H16FN3O4/c1-11-15(23-19(27-11)12-4-3-5-13(21)8-12)10-18(25)22-14-6-7-16-17(9-14)28-20(26)24(16)2/h3-9H,10H2,1-2H3,(H,22,25). The fourth-order valence-corrected chi connectivity index (χ4v) is 2.91. The van der Waals surface area contributed by atoms with Gasteiger partial charge < -0.3 is 14.2 Å². The number of fused-ring (bicyclic) bond motifs is 1. The van der Waals surface area contributed by atoms with E-state index >= 15 is 0 Å². The van der Waals surface area contributed by atoms with Gasteiger partial charge in [0.2, 0.25) is 11.8 Å². The molecule has 2 aromatic carbocycles. The van der Waals surface area contributed by atoms with Crippen LogP contribution in [0.2, 0.25) is 0 Å². The quantitative estimate of drug-likeness (QED) is 0.585. The minimum atomic E-state index is -0.471. The fraction of sp³-hybridized carbons (Fsp3) is 0.150. The summed E-state index contributed by atoms with van der Waals surface area (Å²) in [4.78, 5) is 28.3. The molecule has 142 valence electrons. The van der Waals surface area contributed by atoms with E-state index in [1.165, 1.54) is 16.7 Å². The predicted molar refractivity (Wildman–Crippen MR) is 100 cm³/mol. The van der Waals surface area contributed by atoms with Gasteiger partial charge >= 0.3 is 5.76 Å². The van der Waals surface area contributed by atoms with Crippen LogP contribution in [0.4, 0.5) is 10.1 Å². The first-order valence-corrected chi connectivity index (χ1v) is 8.52. The molecule has 8 heteroatoms. The topological polar surface area (TPSA) is 90.3 Å². The number of carbonyl (C=O) groups is 1. The van der Waals surface area contributed by atoms with Gasteiger partial charge in [0.1, 0.15) is 11.6 Å². The predicted octanol–water partition coefficient (Wildman–Crippen LogP) is 3.42. The van der Waals surface area contributed by atoms with Crippen molar-refractivity contribution in [1.82, 2.24) is 9.55 Å². The Balaban J connectivity index is 1.52. The molecule has 0 radical (unpaired) electrons. The highest BCUT2D eigenvalue weighted by atomic mass is 19.1. The molecule has 7 nitrogen and oxygen atoms in total. The second-order valence-corrected chi connectivity index (χ2v) is 6.37. The van der Waals surface area contributed by atoms with E-state index in [1.54, 1.807) is 44.3 Å². The van der Waals surface area contributed by atoms with Crippen molar-refractivity contribution < 1.29 is 18.0 Å². The van der Waals surface area contributed by atoms with Gasteiger partial charge in [-0.25, -0.2) is 14.2 Å². The molecular weight excluding hydrogens is 365 g/mol. The third kappa shape index (κ3) is 3.32. The van der Waals surface area contributed by atoms with Crippen molar-refractivity contribution in [2.24, 2.45) is 7.05 Å². The fourth-order valence-electron chi connectivity index (χ4n) is 2.91. The Morgan fingerprint density at radius 2 is 2.04 bits per heavy atom. The number of benzene rings is 2. The second-order valence-electron chi connectivity index (χ2n) is 6.37. The monoisotopic (exact) mass is 381 g/mol. The molecule has 4 rings (SSSR count). The maximum atomic E-state index is 13.4. The first-order valence-electron chi connectivity index (χ1n) is 8.52. The molecule has 2 aromatic heterocycles. The molecule has 0 atom stereocenters. The summed E-state index contributed by atoms with van der Waals surface area (Å²) in [6.07, 6.45) is -0.0125. The van der Waals surface area contributed by atoms with E-state index < -0.39 is 11.6 Å². The van der Waals surface area contributed by atoms with Crippen molar-refractivity contribution in [3.63, 3.8) is 0 Å². The Hall–Kier alpha value is -3.68. The van der Waals surface area contributed by atoms with Crippen molar-refractivity contribution in [2.75, 3.05) is 5.32 Å². The molecule has 1 N–H and O–H groups in total. The van der Waals surface area contributed by atoms with Crippen LogP contribution in [0.15, 0.2) is 56.1 Å². The number of rotatable bonds is 4.